The Bertz CT molecular complexity index is 377. The zero-order valence-corrected chi connectivity index (χ0v) is 8.40. The fraction of sp³-hybridized carbons (Fsp3) is 0.273. The highest BCUT2D eigenvalue weighted by atomic mass is 16.5. The summed E-state index contributed by atoms with van der Waals surface area (Å²) in [7, 11) is 0. The molecule has 78 valence electrons. The Morgan fingerprint density at radius 1 is 1.40 bits per heavy atom. The lowest BCUT2D eigenvalue weighted by Crippen LogP contribution is -2.06. The summed E-state index contributed by atoms with van der Waals surface area (Å²) < 4.78 is 5.01. The zero-order valence-electron chi connectivity index (χ0n) is 8.40. The van der Waals surface area contributed by atoms with Crippen molar-refractivity contribution in [3.8, 4) is 5.75 Å². The number of hydrogen-bond acceptors (Lipinski definition) is 4. The van der Waals surface area contributed by atoms with Crippen LogP contribution in [0.25, 0.3) is 0 Å². The largest absolute Gasteiger partial charge is 0.427 e. The third kappa shape index (κ3) is 3.75. The second-order valence-corrected chi connectivity index (χ2v) is 2.92. The lowest BCUT2D eigenvalue weighted by molar-refractivity contribution is -0.134. The molecule has 0 radical (unpaired) electrons. The van der Waals surface area contributed by atoms with Gasteiger partial charge in [-0.25, -0.2) is 4.79 Å². The first-order valence-corrected chi connectivity index (χ1v) is 4.65. The third-order valence-electron chi connectivity index (χ3n) is 1.70. The minimum atomic E-state index is -0.260. The Morgan fingerprint density at radius 2 is 2.07 bits per heavy atom. The molecule has 0 spiro atoms. The number of esters is 1. The molecule has 0 aliphatic rings. The van der Waals surface area contributed by atoms with Crippen LogP contribution in [0.2, 0.25) is 0 Å². The standard InChI is InChI=1S/C11H11NO3/c1-2-3-11(14)15-10-6-4-9(5-7-10)12-8-13/h4-7H,2-3H2,1H3. The van der Waals surface area contributed by atoms with Gasteiger partial charge in [-0.15, -0.1) is 0 Å². The topological polar surface area (TPSA) is 55.7 Å². The van der Waals surface area contributed by atoms with Gasteiger partial charge in [0.25, 0.3) is 0 Å². The van der Waals surface area contributed by atoms with Gasteiger partial charge in [0.2, 0.25) is 6.08 Å². The molecule has 4 nitrogen and oxygen atoms in total. The van der Waals surface area contributed by atoms with E-state index in [0.717, 1.165) is 6.42 Å². The molecule has 0 aromatic heterocycles. The predicted molar refractivity (Wildman–Crippen MR) is 54.8 cm³/mol. The van der Waals surface area contributed by atoms with E-state index in [1.807, 2.05) is 6.92 Å². The van der Waals surface area contributed by atoms with E-state index in [9.17, 15) is 9.59 Å². The van der Waals surface area contributed by atoms with Crippen molar-refractivity contribution in [2.24, 2.45) is 4.99 Å². The molecule has 0 atom stereocenters. The van der Waals surface area contributed by atoms with Crippen LogP contribution in [0.1, 0.15) is 19.8 Å². The number of rotatable bonds is 4. The summed E-state index contributed by atoms with van der Waals surface area (Å²) in [6, 6.07) is 6.34. The molecular formula is C11H11NO3. The molecule has 0 unspecified atom stereocenters. The van der Waals surface area contributed by atoms with Gasteiger partial charge in [-0.3, -0.25) is 4.79 Å². The highest BCUT2D eigenvalue weighted by Gasteiger charge is 2.02. The number of aliphatic imine (C=N–C) groups is 1. The fourth-order valence-electron chi connectivity index (χ4n) is 1.03. The van der Waals surface area contributed by atoms with Crippen molar-refractivity contribution >= 4 is 17.7 Å². The molecule has 15 heavy (non-hydrogen) atoms. The first kappa shape index (κ1) is 11.1. The average Bonchev–Trinajstić information content (AvgIpc) is 2.22. The summed E-state index contributed by atoms with van der Waals surface area (Å²) in [4.78, 5) is 24.5. The van der Waals surface area contributed by atoms with Gasteiger partial charge >= 0.3 is 5.97 Å². The molecule has 0 heterocycles. The van der Waals surface area contributed by atoms with E-state index >= 15 is 0 Å². The summed E-state index contributed by atoms with van der Waals surface area (Å²) in [5, 5.41) is 0. The molecule has 0 saturated carbocycles. The van der Waals surface area contributed by atoms with Gasteiger partial charge in [-0.05, 0) is 30.7 Å². The molecule has 0 amide bonds. The van der Waals surface area contributed by atoms with Gasteiger partial charge in [0.1, 0.15) is 5.75 Å². The van der Waals surface area contributed by atoms with Gasteiger partial charge < -0.3 is 4.74 Å². The Kier molecular flexibility index (Phi) is 4.26. The third-order valence-corrected chi connectivity index (χ3v) is 1.70. The number of nitrogens with zero attached hydrogens (tertiary/aromatic N) is 1. The van der Waals surface area contributed by atoms with Crippen LogP contribution >= 0.6 is 0 Å². The van der Waals surface area contributed by atoms with Gasteiger partial charge in [0.15, 0.2) is 0 Å². The Hall–Kier alpha value is -1.93. The minimum absolute atomic E-state index is 0.260. The number of benzene rings is 1. The molecule has 4 heteroatoms. The van der Waals surface area contributed by atoms with Crippen LogP contribution < -0.4 is 4.74 Å². The molecule has 0 aliphatic carbocycles. The van der Waals surface area contributed by atoms with Crippen molar-refractivity contribution in [1.29, 1.82) is 0 Å². The number of carbonyl (C=O) groups excluding carboxylic acids is 2. The number of hydrogen-bond donors (Lipinski definition) is 0. The van der Waals surface area contributed by atoms with E-state index in [4.69, 9.17) is 4.74 Å². The van der Waals surface area contributed by atoms with Crippen LogP contribution in [0.4, 0.5) is 5.69 Å². The first-order chi connectivity index (χ1) is 7.26. The molecule has 1 rings (SSSR count). The Labute approximate surface area is 87.6 Å². The van der Waals surface area contributed by atoms with Crippen molar-refractivity contribution in [2.75, 3.05) is 0 Å². The maximum absolute atomic E-state index is 11.1. The van der Waals surface area contributed by atoms with Crippen molar-refractivity contribution in [2.45, 2.75) is 19.8 Å². The van der Waals surface area contributed by atoms with Crippen LogP contribution in [0, 0.1) is 0 Å². The first-order valence-electron chi connectivity index (χ1n) is 4.65. The normalized spacial score (nSPS) is 9.13. The SMILES string of the molecule is CCCC(=O)Oc1ccc(N=C=O)cc1. The monoisotopic (exact) mass is 205 g/mol. The van der Waals surface area contributed by atoms with E-state index < -0.39 is 0 Å². The Morgan fingerprint density at radius 3 is 2.60 bits per heavy atom. The van der Waals surface area contributed by atoms with E-state index in [2.05, 4.69) is 4.99 Å². The second-order valence-electron chi connectivity index (χ2n) is 2.92. The predicted octanol–water partition coefficient (Wildman–Crippen LogP) is 2.36. The molecule has 0 fully saturated rings. The van der Waals surface area contributed by atoms with Gasteiger partial charge in [0, 0.05) is 6.42 Å². The van der Waals surface area contributed by atoms with E-state index in [1.165, 1.54) is 6.08 Å². The van der Waals surface area contributed by atoms with Crippen LogP contribution in [0.3, 0.4) is 0 Å². The fourth-order valence-corrected chi connectivity index (χ4v) is 1.03. The minimum Gasteiger partial charge on any atom is -0.427 e. The highest BCUT2D eigenvalue weighted by molar-refractivity contribution is 5.72. The van der Waals surface area contributed by atoms with Gasteiger partial charge in [0.05, 0.1) is 5.69 Å². The smallest absolute Gasteiger partial charge is 0.311 e. The average molecular weight is 205 g/mol. The second kappa shape index (κ2) is 5.73. The summed E-state index contributed by atoms with van der Waals surface area (Å²) in [6.45, 7) is 1.91. The molecule has 0 bridgehead atoms. The summed E-state index contributed by atoms with van der Waals surface area (Å²) in [6.07, 6.45) is 2.59. The van der Waals surface area contributed by atoms with Crippen molar-refractivity contribution < 1.29 is 14.3 Å². The molecular weight excluding hydrogens is 194 g/mol. The maximum atomic E-state index is 11.1. The van der Waals surface area contributed by atoms with E-state index in [-0.39, 0.29) is 5.97 Å². The zero-order chi connectivity index (χ0) is 11.1. The van der Waals surface area contributed by atoms with Crippen molar-refractivity contribution in [3.05, 3.63) is 24.3 Å². The molecule has 0 aliphatic heterocycles. The molecule has 1 aromatic rings. The molecule has 0 saturated heterocycles. The molecule has 1 aromatic carbocycles. The lowest BCUT2D eigenvalue weighted by Gasteiger charge is -2.02. The maximum Gasteiger partial charge on any atom is 0.311 e. The van der Waals surface area contributed by atoms with Crippen LogP contribution in [0.5, 0.6) is 5.75 Å². The Balaban J connectivity index is 2.64. The van der Waals surface area contributed by atoms with Crippen LogP contribution in [0.15, 0.2) is 29.3 Å². The van der Waals surface area contributed by atoms with E-state index in [1.54, 1.807) is 24.3 Å². The number of isocyanates is 1. The van der Waals surface area contributed by atoms with Gasteiger partial charge in [-0.1, -0.05) is 6.92 Å². The number of ether oxygens (including phenoxy) is 1. The highest BCUT2D eigenvalue weighted by Crippen LogP contribution is 2.17. The number of carbonyl (C=O) groups is 1. The lowest BCUT2D eigenvalue weighted by atomic mass is 10.3. The molecule has 0 N–H and O–H groups in total. The van der Waals surface area contributed by atoms with Gasteiger partial charge in [-0.2, -0.15) is 4.99 Å². The van der Waals surface area contributed by atoms with E-state index in [0.29, 0.717) is 17.9 Å². The summed E-state index contributed by atoms with van der Waals surface area (Å²) >= 11 is 0. The van der Waals surface area contributed by atoms with Crippen LogP contribution in [-0.2, 0) is 9.59 Å². The van der Waals surface area contributed by atoms with Crippen molar-refractivity contribution in [1.82, 2.24) is 0 Å². The quantitative estimate of drug-likeness (QED) is 0.328. The van der Waals surface area contributed by atoms with Crippen LogP contribution in [-0.4, -0.2) is 12.0 Å². The van der Waals surface area contributed by atoms with Crippen molar-refractivity contribution in [3.63, 3.8) is 0 Å². The summed E-state index contributed by atoms with van der Waals surface area (Å²) in [5.41, 5.74) is 0.486. The summed E-state index contributed by atoms with van der Waals surface area (Å²) in [5.74, 6) is 0.197.